The molecular weight excluding hydrogens is 945 g/mol. The van der Waals surface area contributed by atoms with Crippen LogP contribution in [0.1, 0.15) is 223 Å². The summed E-state index contributed by atoms with van der Waals surface area (Å²) in [5.41, 5.74) is 7.28. The second kappa shape index (κ2) is 40.4. The molecule has 5 atom stereocenters. The van der Waals surface area contributed by atoms with Gasteiger partial charge < -0.3 is 45.0 Å². The number of carbonyl (C=O) groups is 4. The monoisotopic (exact) mass is 1060 g/mol. The first-order valence-electron chi connectivity index (χ1n) is 30.1. The van der Waals surface area contributed by atoms with Crippen molar-refractivity contribution in [2.75, 3.05) is 86.2 Å². The molecule has 13 nitrogen and oxygen atoms in total. The Hall–Kier alpha value is -2.84. The smallest absolute Gasteiger partial charge is 0.242 e. The third-order valence-corrected chi connectivity index (χ3v) is 16.1. The maximum absolute atomic E-state index is 13.5. The molecule has 0 bridgehead atoms. The van der Waals surface area contributed by atoms with Crippen molar-refractivity contribution in [3.05, 3.63) is 22.3 Å². The summed E-state index contributed by atoms with van der Waals surface area (Å²) in [6, 6.07) is -0.633. The molecule has 0 fully saturated rings. The molecule has 0 aromatic rings. The van der Waals surface area contributed by atoms with E-state index < -0.39 is 6.04 Å². The summed E-state index contributed by atoms with van der Waals surface area (Å²) in [6.07, 6.45) is 23.9. The SMILES string of the molecule is COCCOCCC(=O)NCCCOCCOCCOCCCNC(=O)[C@H](CCCCNC(=O)CC(C)CCCC(C)CCC1=C(C)CCCC1(C)C)NC(=O)CC(C)CCCC(C)CCC1=C(C)CCCC1(C)C. The van der Waals surface area contributed by atoms with Crippen LogP contribution in [0, 0.1) is 34.5 Å². The Morgan fingerprint density at radius 3 is 1.44 bits per heavy atom. The van der Waals surface area contributed by atoms with Gasteiger partial charge in [0.05, 0.1) is 46.2 Å². The van der Waals surface area contributed by atoms with E-state index in [1.165, 1.54) is 77.0 Å². The fraction of sp³-hybridized carbons (Fsp3) is 0.871. The minimum Gasteiger partial charge on any atom is -0.382 e. The van der Waals surface area contributed by atoms with E-state index in [-0.39, 0.29) is 29.5 Å². The lowest BCUT2D eigenvalue weighted by atomic mass is 9.70. The molecule has 4 N–H and O–H groups in total. The van der Waals surface area contributed by atoms with E-state index in [1.807, 2.05) is 0 Å². The van der Waals surface area contributed by atoms with Gasteiger partial charge in [-0.15, -0.1) is 0 Å². The van der Waals surface area contributed by atoms with Crippen LogP contribution in [0.4, 0.5) is 0 Å². The second-order valence-corrected chi connectivity index (χ2v) is 24.3. The Balaban J connectivity index is 1.70. The minimum absolute atomic E-state index is 0.0384. The Morgan fingerprint density at radius 1 is 0.480 bits per heavy atom. The highest BCUT2D eigenvalue weighted by molar-refractivity contribution is 5.87. The lowest BCUT2D eigenvalue weighted by molar-refractivity contribution is -0.129. The topological polar surface area (TPSA) is 163 Å². The van der Waals surface area contributed by atoms with Crippen LogP contribution in [-0.2, 0) is 42.9 Å². The fourth-order valence-corrected chi connectivity index (χ4v) is 11.2. The zero-order chi connectivity index (χ0) is 55.3. The van der Waals surface area contributed by atoms with Crippen molar-refractivity contribution in [2.24, 2.45) is 34.5 Å². The summed E-state index contributed by atoms with van der Waals surface area (Å²) in [7, 11) is 1.61. The number of allylic oxidation sites excluding steroid dienone is 4. The van der Waals surface area contributed by atoms with Gasteiger partial charge in [-0.05, 0) is 145 Å². The molecule has 0 saturated heterocycles. The Labute approximate surface area is 458 Å². The highest BCUT2D eigenvalue weighted by atomic mass is 16.5. The summed E-state index contributed by atoms with van der Waals surface area (Å²) in [4.78, 5) is 51.7. The van der Waals surface area contributed by atoms with E-state index in [9.17, 15) is 19.2 Å². The maximum atomic E-state index is 13.5. The quantitative estimate of drug-likeness (QED) is 0.0343. The molecule has 2 aliphatic carbocycles. The second-order valence-electron chi connectivity index (χ2n) is 24.3. The van der Waals surface area contributed by atoms with Gasteiger partial charge in [0.2, 0.25) is 23.6 Å². The average molecular weight is 1060 g/mol. The van der Waals surface area contributed by atoms with Crippen molar-refractivity contribution in [3.63, 3.8) is 0 Å². The van der Waals surface area contributed by atoms with Gasteiger partial charge in [-0.3, -0.25) is 19.2 Å². The van der Waals surface area contributed by atoms with Crippen LogP contribution in [0.3, 0.4) is 0 Å². The van der Waals surface area contributed by atoms with Gasteiger partial charge in [-0.1, -0.05) is 116 Å². The number of rotatable bonds is 45. The molecule has 0 spiro atoms. The molecule has 0 aromatic heterocycles. The molecule has 0 aromatic carbocycles. The number of nitrogens with one attached hydrogen (secondary N) is 4. The summed E-state index contributed by atoms with van der Waals surface area (Å²) >= 11 is 0. The van der Waals surface area contributed by atoms with Crippen LogP contribution >= 0.6 is 0 Å². The van der Waals surface area contributed by atoms with E-state index >= 15 is 0 Å². The van der Waals surface area contributed by atoms with Gasteiger partial charge in [0.1, 0.15) is 6.04 Å². The number of amides is 4. The number of hydrogen-bond donors (Lipinski definition) is 4. The number of ether oxygens (including phenoxy) is 5. The highest BCUT2D eigenvalue weighted by Gasteiger charge is 2.30. The van der Waals surface area contributed by atoms with Gasteiger partial charge in [0.15, 0.2) is 0 Å². The van der Waals surface area contributed by atoms with Crippen LogP contribution in [-0.4, -0.2) is 116 Å². The van der Waals surface area contributed by atoms with E-state index in [0.717, 1.165) is 38.5 Å². The largest absolute Gasteiger partial charge is 0.382 e. The van der Waals surface area contributed by atoms with Crippen molar-refractivity contribution >= 4 is 23.6 Å². The Morgan fingerprint density at radius 2 is 0.920 bits per heavy atom. The molecule has 0 radical (unpaired) electrons. The van der Waals surface area contributed by atoms with Crippen molar-refractivity contribution in [1.29, 1.82) is 0 Å². The van der Waals surface area contributed by atoms with Crippen LogP contribution in [0.25, 0.3) is 0 Å². The van der Waals surface area contributed by atoms with Gasteiger partial charge in [-0.2, -0.15) is 0 Å². The Bertz CT molecular complexity index is 1650. The van der Waals surface area contributed by atoms with Crippen LogP contribution < -0.4 is 21.3 Å². The summed E-state index contributed by atoms with van der Waals surface area (Å²) in [5.74, 6) is 1.71. The highest BCUT2D eigenvalue weighted by Crippen LogP contribution is 2.44. The molecule has 2 rings (SSSR count). The fourth-order valence-electron chi connectivity index (χ4n) is 11.2. The summed E-state index contributed by atoms with van der Waals surface area (Å²) < 4.78 is 27.2. The van der Waals surface area contributed by atoms with E-state index in [2.05, 4.69) is 90.5 Å². The predicted molar refractivity (Wildman–Crippen MR) is 307 cm³/mol. The maximum Gasteiger partial charge on any atom is 0.242 e. The first-order valence-corrected chi connectivity index (χ1v) is 30.1. The molecule has 0 heterocycles. The number of hydrogen-bond acceptors (Lipinski definition) is 9. The number of carbonyl (C=O) groups excluding carboxylic acids is 4. The van der Waals surface area contributed by atoms with E-state index in [0.29, 0.717) is 146 Å². The lowest BCUT2D eigenvalue weighted by Gasteiger charge is -2.35. The molecule has 13 heteroatoms. The van der Waals surface area contributed by atoms with Crippen LogP contribution in [0.2, 0.25) is 0 Å². The first-order chi connectivity index (χ1) is 35.8. The molecule has 4 amide bonds. The Kier molecular flexibility index (Phi) is 36.7. The van der Waals surface area contributed by atoms with Crippen molar-refractivity contribution < 1.29 is 42.9 Å². The summed E-state index contributed by atoms with van der Waals surface area (Å²) in [5, 5.41) is 12.1. The van der Waals surface area contributed by atoms with Gasteiger partial charge >= 0.3 is 0 Å². The van der Waals surface area contributed by atoms with Crippen molar-refractivity contribution in [2.45, 2.75) is 229 Å². The van der Waals surface area contributed by atoms with E-state index in [1.54, 1.807) is 29.4 Å². The zero-order valence-electron chi connectivity index (χ0n) is 50.0. The molecule has 0 saturated carbocycles. The van der Waals surface area contributed by atoms with Crippen LogP contribution in [0.5, 0.6) is 0 Å². The molecule has 436 valence electrons. The van der Waals surface area contributed by atoms with Crippen LogP contribution in [0.15, 0.2) is 22.3 Å². The predicted octanol–water partition coefficient (Wildman–Crippen LogP) is 12.2. The first kappa shape index (κ1) is 68.3. The number of methoxy groups -OCH3 is 1. The molecule has 0 aliphatic heterocycles. The van der Waals surface area contributed by atoms with E-state index in [4.69, 9.17) is 23.7 Å². The molecule has 2 aliphatic rings. The molecule has 4 unspecified atom stereocenters. The molecular formula is C62H114N4O9. The van der Waals surface area contributed by atoms with Crippen molar-refractivity contribution in [3.8, 4) is 0 Å². The minimum atomic E-state index is -0.633. The van der Waals surface area contributed by atoms with Gasteiger partial charge in [-0.25, -0.2) is 0 Å². The normalized spacial score (nSPS) is 17.5. The average Bonchev–Trinajstić information content (AvgIpc) is 3.33. The van der Waals surface area contributed by atoms with Gasteiger partial charge in [0, 0.05) is 59.2 Å². The number of unbranched alkanes of at least 4 members (excludes halogenated alkanes) is 1. The standard InChI is InChI=1S/C62H114N4O9/c1-48(27-29-54-52(5)24-16-32-61(54,7)8)20-14-22-50(3)46-58(68)64-34-13-12-26-56(66-59(69)47-51(4)23-15-21-49(2)28-30-55-53(6)25-17-33-62(55,9)10)60(70)65-36-19-38-73-43-45-75-44-42-72-37-18-35-63-57(67)31-39-74-41-40-71-11/h48-51,56H,12-47H2,1-11H3,(H,63,67)(H,64,68)(H,65,70)(H,66,69)/t48?,49?,50?,51?,56-/m0/s1. The third-order valence-electron chi connectivity index (χ3n) is 16.1. The van der Waals surface area contributed by atoms with Crippen molar-refractivity contribution in [1.82, 2.24) is 21.3 Å². The third kappa shape index (κ3) is 32.6. The lowest BCUT2D eigenvalue weighted by Crippen LogP contribution is -2.47. The van der Waals surface area contributed by atoms with Gasteiger partial charge in [0.25, 0.3) is 0 Å². The zero-order valence-corrected chi connectivity index (χ0v) is 50.0. The molecule has 75 heavy (non-hydrogen) atoms. The summed E-state index contributed by atoms with van der Waals surface area (Å²) in [6.45, 7) is 29.2.